The number of unbranched alkanes of at least 4 members (excludes halogenated alkanes) is 3. The summed E-state index contributed by atoms with van der Waals surface area (Å²) in [6, 6.07) is 17.6. The number of aldehydes is 1. The Bertz CT molecular complexity index is 1930. The fraction of sp³-hybridized carbons (Fsp3) is 0.318. The van der Waals surface area contributed by atoms with Gasteiger partial charge in [-0.3, -0.25) is 0 Å². The number of hydrogen-bond acceptors (Lipinski definition) is 2. The fourth-order valence-electron chi connectivity index (χ4n) is 7.64. The second-order valence-corrected chi connectivity index (χ2v) is 13.8. The van der Waals surface area contributed by atoms with Gasteiger partial charge in [0.1, 0.15) is 12.8 Å². The van der Waals surface area contributed by atoms with Gasteiger partial charge in [0.15, 0.2) is 5.71 Å². The van der Waals surface area contributed by atoms with E-state index in [2.05, 4.69) is 154 Å². The van der Waals surface area contributed by atoms with Gasteiger partial charge in [-0.15, -0.1) is 0 Å². The molecule has 0 aliphatic carbocycles. The Labute approximate surface area is 282 Å². The molecule has 0 saturated carbocycles. The number of anilines is 1. The van der Waals surface area contributed by atoms with Crippen LogP contribution in [-0.4, -0.2) is 29.7 Å². The van der Waals surface area contributed by atoms with Gasteiger partial charge in [-0.25, -0.2) is 0 Å². The average Bonchev–Trinajstić information content (AvgIpc) is 3.40. The summed E-state index contributed by atoms with van der Waals surface area (Å²) in [4.78, 5) is 13.3. The Hall–Kier alpha value is -4.50. The van der Waals surface area contributed by atoms with Crippen LogP contribution < -0.4 is 15.3 Å². The van der Waals surface area contributed by atoms with Gasteiger partial charge >= 0.3 is 0 Å². The highest BCUT2D eigenvalue weighted by atomic mass is 16.1. The lowest BCUT2D eigenvalue weighted by molar-refractivity contribution is -0.437. The summed E-state index contributed by atoms with van der Waals surface area (Å²) < 4.78 is 2.51. The first-order chi connectivity index (χ1) is 22.7. The molecule has 0 N–H and O–H groups in total. The zero-order valence-electron chi connectivity index (χ0n) is 29.1. The number of fused-ring (bicyclic) bond motifs is 4. The Morgan fingerprint density at radius 1 is 0.830 bits per heavy atom. The Kier molecular flexibility index (Phi) is 10.4. The maximum absolute atomic E-state index is 10.8. The number of benzene rings is 3. The van der Waals surface area contributed by atoms with Crippen LogP contribution in [0.15, 0.2) is 109 Å². The van der Waals surface area contributed by atoms with E-state index in [1.165, 1.54) is 44.7 Å². The summed E-state index contributed by atoms with van der Waals surface area (Å²) in [6.45, 7) is 21.8. The topological polar surface area (TPSA) is 23.3 Å². The predicted octanol–water partition coefficient (Wildman–Crippen LogP) is 9.11. The highest BCUT2D eigenvalue weighted by Gasteiger charge is 2.45. The van der Waals surface area contributed by atoms with Crippen LogP contribution in [-0.2, 0) is 15.6 Å². The van der Waals surface area contributed by atoms with Crippen LogP contribution in [0.25, 0.3) is 23.4 Å². The zero-order chi connectivity index (χ0) is 33.6. The minimum atomic E-state index is -0.193. The molecule has 0 atom stereocenters. The predicted molar refractivity (Wildman–Crippen MR) is 203 cm³/mol. The minimum absolute atomic E-state index is 0.0918. The Morgan fingerprint density at radius 3 is 2.36 bits per heavy atom. The van der Waals surface area contributed by atoms with E-state index < -0.39 is 0 Å². The van der Waals surface area contributed by atoms with Crippen molar-refractivity contribution < 1.29 is 9.37 Å². The quantitative estimate of drug-likeness (QED) is 0.0821. The van der Waals surface area contributed by atoms with Gasteiger partial charge in [-0.1, -0.05) is 113 Å². The van der Waals surface area contributed by atoms with Crippen LogP contribution in [0.1, 0.15) is 77.8 Å². The van der Waals surface area contributed by atoms with E-state index in [4.69, 9.17) is 0 Å². The number of nitrogens with zero attached hydrogens (tertiary/aromatic N) is 2. The fourth-order valence-corrected chi connectivity index (χ4v) is 7.64. The van der Waals surface area contributed by atoms with Gasteiger partial charge in [0, 0.05) is 53.9 Å². The van der Waals surface area contributed by atoms with Crippen LogP contribution in [0.2, 0.25) is 0 Å². The molecule has 3 aromatic rings. The molecular weight excluding hydrogens is 572 g/mol. The first-order valence-electron chi connectivity index (χ1n) is 17.2. The molecule has 0 spiro atoms. The molecule has 47 heavy (non-hydrogen) atoms. The largest absolute Gasteiger partial charge is 0.344 e. The van der Waals surface area contributed by atoms with E-state index >= 15 is 0 Å². The lowest BCUT2D eigenvalue weighted by atomic mass is 9.79. The van der Waals surface area contributed by atoms with Gasteiger partial charge in [0.25, 0.3) is 0 Å². The van der Waals surface area contributed by atoms with Crippen molar-refractivity contribution in [1.29, 1.82) is 0 Å². The second kappa shape index (κ2) is 14.5. The maximum atomic E-state index is 10.8. The Balaban J connectivity index is 1.40. The van der Waals surface area contributed by atoms with Gasteiger partial charge in [0.2, 0.25) is 5.69 Å². The van der Waals surface area contributed by atoms with Gasteiger partial charge in [-0.05, 0) is 71.7 Å². The number of carbonyl (C=O) groups excluding carboxylic acids is 1. The number of hydrogen-bond donors (Lipinski definition) is 0. The van der Waals surface area contributed by atoms with E-state index in [0.29, 0.717) is 6.42 Å². The third-order valence-corrected chi connectivity index (χ3v) is 9.80. The minimum Gasteiger partial charge on any atom is -0.344 e. The summed E-state index contributed by atoms with van der Waals surface area (Å²) in [5.74, 6) is 0. The normalized spacial score (nSPS) is 18.0. The third-order valence-electron chi connectivity index (χ3n) is 9.80. The lowest BCUT2D eigenvalue weighted by Gasteiger charge is -2.27. The molecule has 0 unspecified atom stereocenters. The highest BCUT2D eigenvalue weighted by molar-refractivity contribution is 6.07. The Morgan fingerprint density at radius 2 is 1.60 bits per heavy atom. The summed E-state index contributed by atoms with van der Waals surface area (Å²) in [5, 5.41) is 4.82. The summed E-state index contributed by atoms with van der Waals surface area (Å²) in [6.07, 6.45) is 25.0. The van der Waals surface area contributed by atoms with Crippen molar-refractivity contribution in [2.24, 2.45) is 0 Å². The maximum Gasteiger partial charge on any atom is 0.210 e. The monoisotopic (exact) mass is 623 g/mol. The SMILES string of the molecule is C=C/C=c1/c2c(ccc1=C)N(CCCCCC=O)\C(=C/C=C/C=C/C=C/C1=[N+](CCC)c3ccc4ccccc4c3C1(C)C)C2(C)C. The van der Waals surface area contributed by atoms with Crippen LogP contribution in [0.4, 0.5) is 11.4 Å². The van der Waals surface area contributed by atoms with E-state index in [-0.39, 0.29) is 10.8 Å². The van der Waals surface area contributed by atoms with Gasteiger partial charge < -0.3 is 9.69 Å². The number of carbonyl (C=O) groups is 1. The number of allylic oxidation sites excluding steroid dienone is 9. The third kappa shape index (κ3) is 6.54. The van der Waals surface area contributed by atoms with Gasteiger partial charge in [0.05, 0.1) is 5.41 Å². The summed E-state index contributed by atoms with van der Waals surface area (Å²) >= 11 is 0. The van der Waals surface area contributed by atoms with Crippen molar-refractivity contribution in [1.82, 2.24) is 0 Å². The first kappa shape index (κ1) is 33.9. The molecule has 0 radical (unpaired) electrons. The summed E-state index contributed by atoms with van der Waals surface area (Å²) in [5.41, 5.74) is 7.63. The molecule has 2 aliphatic heterocycles. The molecular formula is C44H51N2O+. The standard InChI is InChI=1S/C44H51N2O/c1-8-21-35-33(3)26-28-37-41(35)43(4,5)40(46(37)31-19-13-14-20-32-47)25-16-12-10-11-15-24-39-44(6,7)42-36-23-18-17-22-34(36)27-29-38(42)45(39)30-9-2/h8,10-12,15-18,21-29,32H,1,3,9,13-14,19-20,30-31H2,2,4-7H3/q+1/b35-21+. The molecule has 0 aromatic heterocycles. The molecule has 3 nitrogen and oxygen atoms in total. The summed E-state index contributed by atoms with van der Waals surface area (Å²) in [7, 11) is 0. The van der Waals surface area contributed by atoms with Crippen LogP contribution >= 0.6 is 0 Å². The molecule has 5 rings (SSSR count). The molecule has 0 fully saturated rings. The molecule has 0 saturated heterocycles. The molecule has 2 aliphatic rings. The smallest absolute Gasteiger partial charge is 0.210 e. The van der Waals surface area contributed by atoms with E-state index in [1.807, 2.05) is 6.08 Å². The van der Waals surface area contributed by atoms with Crippen molar-refractivity contribution in [2.75, 3.05) is 18.0 Å². The molecule has 3 aromatic carbocycles. The van der Waals surface area contributed by atoms with Crippen LogP contribution in [0, 0.1) is 0 Å². The van der Waals surface area contributed by atoms with Crippen molar-refractivity contribution in [3.8, 4) is 0 Å². The lowest BCUT2D eigenvalue weighted by Crippen LogP contribution is -2.33. The van der Waals surface area contributed by atoms with Crippen molar-refractivity contribution in [3.05, 3.63) is 131 Å². The van der Waals surface area contributed by atoms with E-state index in [0.717, 1.165) is 55.5 Å². The molecule has 0 amide bonds. The highest BCUT2D eigenvalue weighted by Crippen LogP contribution is 2.46. The average molecular weight is 624 g/mol. The van der Waals surface area contributed by atoms with Crippen LogP contribution in [0.5, 0.6) is 0 Å². The molecule has 2 heterocycles. The molecule has 0 bridgehead atoms. The van der Waals surface area contributed by atoms with E-state index in [1.54, 1.807) is 0 Å². The van der Waals surface area contributed by atoms with Crippen molar-refractivity contribution in [3.63, 3.8) is 0 Å². The second-order valence-electron chi connectivity index (χ2n) is 13.8. The van der Waals surface area contributed by atoms with E-state index in [9.17, 15) is 4.79 Å². The first-order valence-corrected chi connectivity index (χ1v) is 17.2. The molecule has 242 valence electrons. The van der Waals surface area contributed by atoms with Gasteiger partial charge in [-0.2, -0.15) is 4.58 Å². The molecule has 3 heteroatoms. The van der Waals surface area contributed by atoms with Crippen LogP contribution in [0.3, 0.4) is 0 Å². The van der Waals surface area contributed by atoms with Crippen molar-refractivity contribution in [2.45, 2.75) is 77.6 Å². The zero-order valence-corrected chi connectivity index (χ0v) is 29.1. The number of rotatable bonds is 13. The van der Waals surface area contributed by atoms with Crippen molar-refractivity contribution >= 4 is 46.8 Å².